The first-order valence-electron chi connectivity index (χ1n) is 6.78. The van der Waals surface area contributed by atoms with Crippen molar-refractivity contribution in [2.45, 2.75) is 44.6 Å². The Labute approximate surface area is 108 Å². The predicted molar refractivity (Wildman–Crippen MR) is 71.1 cm³/mol. The molecule has 3 aliphatic rings. The number of hydrogen-bond acceptors (Lipinski definition) is 3. The van der Waals surface area contributed by atoms with Gasteiger partial charge in [0.15, 0.2) is 0 Å². The molecule has 0 saturated heterocycles. The van der Waals surface area contributed by atoms with Crippen molar-refractivity contribution < 1.29 is 0 Å². The summed E-state index contributed by atoms with van der Waals surface area (Å²) in [5, 5.41) is 12.8. The first kappa shape index (κ1) is 11.4. The van der Waals surface area contributed by atoms with Crippen LogP contribution in [0.4, 0.5) is 0 Å². The molecule has 0 aliphatic heterocycles. The maximum absolute atomic E-state index is 9.45. The summed E-state index contributed by atoms with van der Waals surface area (Å²) in [4.78, 5) is 0. The third-order valence-electron chi connectivity index (χ3n) is 4.52. The molecule has 0 bridgehead atoms. The molecular weight excluding hydrogens is 222 g/mol. The Bertz CT molecular complexity index is 504. The Hall–Kier alpha value is -1.69. The molecule has 3 nitrogen and oxygen atoms in total. The highest BCUT2D eigenvalue weighted by Gasteiger charge is 2.40. The van der Waals surface area contributed by atoms with Gasteiger partial charge in [-0.1, -0.05) is 6.58 Å². The van der Waals surface area contributed by atoms with Gasteiger partial charge in [-0.2, -0.15) is 5.26 Å². The topological polar surface area (TPSA) is 61.8 Å². The van der Waals surface area contributed by atoms with E-state index in [0.717, 1.165) is 24.8 Å². The summed E-state index contributed by atoms with van der Waals surface area (Å²) in [5.41, 5.74) is 10.9. The van der Waals surface area contributed by atoms with Crippen LogP contribution in [-0.4, -0.2) is 6.04 Å². The summed E-state index contributed by atoms with van der Waals surface area (Å²) in [7, 11) is 0. The van der Waals surface area contributed by atoms with Crippen molar-refractivity contribution in [1.82, 2.24) is 5.32 Å². The lowest BCUT2D eigenvalue weighted by Crippen LogP contribution is -2.40. The number of fused-ring (bicyclic) bond motifs is 1. The zero-order valence-electron chi connectivity index (χ0n) is 10.6. The van der Waals surface area contributed by atoms with Gasteiger partial charge in [-0.25, -0.2) is 0 Å². The molecular formula is C15H19N3. The first-order valence-corrected chi connectivity index (χ1v) is 6.78. The maximum atomic E-state index is 9.45. The summed E-state index contributed by atoms with van der Waals surface area (Å²) in [6.45, 7) is 3.78. The average Bonchev–Trinajstić information content (AvgIpc) is 2.96. The summed E-state index contributed by atoms with van der Waals surface area (Å²) >= 11 is 0. The van der Waals surface area contributed by atoms with Gasteiger partial charge in [0.05, 0.1) is 23.5 Å². The Balaban J connectivity index is 2.06. The molecule has 18 heavy (non-hydrogen) atoms. The van der Waals surface area contributed by atoms with Crippen LogP contribution < -0.4 is 11.1 Å². The largest absolute Gasteiger partial charge is 0.386 e. The van der Waals surface area contributed by atoms with Crippen molar-refractivity contribution in [2.24, 2.45) is 11.7 Å². The molecule has 3 N–H and O–H groups in total. The minimum Gasteiger partial charge on any atom is -0.386 e. The van der Waals surface area contributed by atoms with E-state index < -0.39 is 0 Å². The third kappa shape index (κ3) is 1.56. The summed E-state index contributed by atoms with van der Waals surface area (Å²) < 4.78 is 0. The van der Waals surface area contributed by atoms with Crippen LogP contribution in [0.3, 0.4) is 0 Å². The van der Waals surface area contributed by atoms with Crippen LogP contribution in [0.5, 0.6) is 0 Å². The molecule has 0 aromatic heterocycles. The molecule has 0 aromatic rings. The van der Waals surface area contributed by atoms with Crippen LogP contribution in [0, 0.1) is 17.2 Å². The minimum atomic E-state index is 0.301. The van der Waals surface area contributed by atoms with Gasteiger partial charge >= 0.3 is 0 Å². The number of nitrogens with two attached hydrogens (primary N) is 1. The smallest absolute Gasteiger partial charge is 0.0994 e. The van der Waals surface area contributed by atoms with Gasteiger partial charge < -0.3 is 11.1 Å². The molecule has 0 aromatic carbocycles. The molecule has 0 radical (unpaired) electrons. The molecule has 1 fully saturated rings. The van der Waals surface area contributed by atoms with Crippen LogP contribution in [-0.2, 0) is 0 Å². The molecule has 1 saturated carbocycles. The van der Waals surface area contributed by atoms with E-state index in [1.165, 1.54) is 36.0 Å². The monoisotopic (exact) mass is 241 g/mol. The number of nitrogens with one attached hydrogen (secondary N) is 1. The summed E-state index contributed by atoms with van der Waals surface area (Å²) in [6, 6.07) is 2.76. The lowest BCUT2D eigenvalue weighted by Gasteiger charge is -2.33. The molecule has 3 rings (SSSR count). The Morgan fingerprint density at radius 1 is 1.28 bits per heavy atom. The highest BCUT2D eigenvalue weighted by molar-refractivity contribution is 5.56. The number of nitrogens with zero attached hydrogens (tertiary/aromatic N) is 1. The van der Waals surface area contributed by atoms with Crippen molar-refractivity contribution >= 4 is 0 Å². The zero-order chi connectivity index (χ0) is 12.7. The second-order valence-electron chi connectivity index (χ2n) is 5.52. The van der Waals surface area contributed by atoms with Crippen molar-refractivity contribution in [1.29, 1.82) is 5.26 Å². The van der Waals surface area contributed by atoms with Gasteiger partial charge in [0.2, 0.25) is 0 Å². The van der Waals surface area contributed by atoms with Crippen molar-refractivity contribution in [2.75, 3.05) is 0 Å². The molecule has 0 spiro atoms. The fourth-order valence-electron chi connectivity index (χ4n) is 3.91. The molecule has 0 heterocycles. The SMILES string of the molecule is C=C(N)NC1C2=C(CCC2)C(C#N)=C2CCCC21. The van der Waals surface area contributed by atoms with E-state index >= 15 is 0 Å². The highest BCUT2D eigenvalue weighted by Crippen LogP contribution is 2.48. The van der Waals surface area contributed by atoms with Gasteiger partial charge in [-0.15, -0.1) is 0 Å². The van der Waals surface area contributed by atoms with E-state index in [1.807, 2.05) is 0 Å². The van der Waals surface area contributed by atoms with E-state index in [2.05, 4.69) is 18.0 Å². The van der Waals surface area contributed by atoms with E-state index in [1.54, 1.807) is 0 Å². The quantitative estimate of drug-likeness (QED) is 0.780. The van der Waals surface area contributed by atoms with Crippen molar-refractivity contribution in [3.8, 4) is 6.07 Å². The standard InChI is InChI=1S/C15H19N3/c1-9(17)18-15-12-6-2-4-10(12)14(8-16)11-5-3-7-13(11)15/h12,15,18H,1-7,17H2. The van der Waals surface area contributed by atoms with Gasteiger partial charge in [0, 0.05) is 5.92 Å². The Morgan fingerprint density at radius 3 is 2.78 bits per heavy atom. The highest BCUT2D eigenvalue weighted by atomic mass is 15.0. The molecule has 94 valence electrons. The molecule has 3 aliphatic carbocycles. The maximum Gasteiger partial charge on any atom is 0.0994 e. The fraction of sp³-hybridized carbons (Fsp3) is 0.533. The fourth-order valence-corrected chi connectivity index (χ4v) is 3.91. The first-order chi connectivity index (χ1) is 8.72. The van der Waals surface area contributed by atoms with Crippen LogP contribution in [0.1, 0.15) is 38.5 Å². The van der Waals surface area contributed by atoms with Gasteiger partial charge in [0.1, 0.15) is 0 Å². The van der Waals surface area contributed by atoms with Crippen LogP contribution in [0.25, 0.3) is 0 Å². The van der Waals surface area contributed by atoms with Crippen LogP contribution >= 0.6 is 0 Å². The summed E-state index contributed by atoms with van der Waals surface area (Å²) in [5.74, 6) is 1.02. The third-order valence-corrected chi connectivity index (χ3v) is 4.52. The predicted octanol–water partition coefficient (Wildman–Crippen LogP) is 2.49. The minimum absolute atomic E-state index is 0.301. The van der Waals surface area contributed by atoms with E-state index in [0.29, 0.717) is 17.8 Å². The lowest BCUT2D eigenvalue weighted by molar-refractivity contribution is 0.460. The zero-order valence-corrected chi connectivity index (χ0v) is 10.6. The molecule has 2 atom stereocenters. The van der Waals surface area contributed by atoms with Crippen LogP contribution in [0.2, 0.25) is 0 Å². The van der Waals surface area contributed by atoms with E-state index in [4.69, 9.17) is 5.73 Å². The van der Waals surface area contributed by atoms with Crippen LogP contribution in [0.15, 0.2) is 34.7 Å². The van der Waals surface area contributed by atoms with E-state index in [9.17, 15) is 5.26 Å². The summed E-state index contributed by atoms with van der Waals surface area (Å²) in [6.07, 6.45) is 6.78. The normalized spacial score (nSPS) is 29.9. The van der Waals surface area contributed by atoms with Gasteiger partial charge in [-0.3, -0.25) is 0 Å². The van der Waals surface area contributed by atoms with Crippen molar-refractivity contribution in [3.05, 3.63) is 34.7 Å². The number of allylic oxidation sites excluding steroid dienone is 2. The number of nitriles is 1. The second kappa shape index (κ2) is 4.20. The second-order valence-corrected chi connectivity index (χ2v) is 5.52. The molecule has 3 heteroatoms. The average molecular weight is 241 g/mol. The van der Waals surface area contributed by atoms with E-state index in [-0.39, 0.29) is 0 Å². The molecule has 2 unspecified atom stereocenters. The Morgan fingerprint density at radius 2 is 2.06 bits per heavy atom. The van der Waals surface area contributed by atoms with Gasteiger partial charge in [0.25, 0.3) is 0 Å². The number of rotatable bonds is 2. The van der Waals surface area contributed by atoms with Crippen molar-refractivity contribution in [3.63, 3.8) is 0 Å². The lowest BCUT2D eigenvalue weighted by atomic mass is 9.78. The molecule has 0 amide bonds. The number of hydrogen-bond donors (Lipinski definition) is 2. The van der Waals surface area contributed by atoms with Gasteiger partial charge in [-0.05, 0) is 55.2 Å². The Kier molecular flexibility index (Phi) is 2.66.